The van der Waals surface area contributed by atoms with Crippen molar-refractivity contribution in [3.8, 4) is 0 Å². The Labute approximate surface area is 84.5 Å². The smallest absolute Gasteiger partial charge is 0.148 e. The van der Waals surface area contributed by atoms with Gasteiger partial charge >= 0.3 is 0 Å². The van der Waals surface area contributed by atoms with Crippen LogP contribution in [0.4, 0.5) is 0 Å². The molecule has 0 aromatic heterocycles. The van der Waals surface area contributed by atoms with Gasteiger partial charge in [-0.05, 0) is 12.5 Å². The van der Waals surface area contributed by atoms with Crippen molar-refractivity contribution in [2.45, 2.75) is 19.4 Å². The van der Waals surface area contributed by atoms with Crippen molar-refractivity contribution in [1.82, 2.24) is 4.90 Å². The molecule has 14 heavy (non-hydrogen) atoms. The normalized spacial score (nSPS) is 19.9. The van der Waals surface area contributed by atoms with Crippen LogP contribution in [-0.4, -0.2) is 23.8 Å². The Morgan fingerprint density at radius 2 is 2.00 bits per heavy atom. The highest BCUT2D eigenvalue weighted by Gasteiger charge is 2.24. The van der Waals surface area contributed by atoms with Gasteiger partial charge in [0.25, 0.3) is 0 Å². The Balaban J connectivity index is 2.09. The second-order valence-corrected chi connectivity index (χ2v) is 3.85. The first-order valence-electron chi connectivity index (χ1n) is 5.08. The van der Waals surface area contributed by atoms with E-state index in [9.17, 15) is 4.79 Å². The zero-order valence-electron chi connectivity index (χ0n) is 8.44. The van der Waals surface area contributed by atoms with Crippen LogP contribution in [0.25, 0.3) is 0 Å². The molecular weight excluding hydrogens is 174 g/mol. The van der Waals surface area contributed by atoms with Gasteiger partial charge in [0.05, 0.1) is 6.54 Å². The molecule has 0 N–H and O–H groups in total. The van der Waals surface area contributed by atoms with Crippen LogP contribution in [-0.2, 0) is 4.79 Å². The van der Waals surface area contributed by atoms with Gasteiger partial charge in [-0.2, -0.15) is 0 Å². The van der Waals surface area contributed by atoms with Gasteiger partial charge in [-0.1, -0.05) is 30.3 Å². The van der Waals surface area contributed by atoms with Crippen molar-refractivity contribution >= 4 is 5.78 Å². The lowest BCUT2D eigenvalue weighted by Gasteiger charge is -2.23. The van der Waals surface area contributed by atoms with E-state index in [4.69, 9.17) is 0 Å². The Morgan fingerprint density at radius 3 is 2.57 bits per heavy atom. The Kier molecular flexibility index (Phi) is 2.64. The zero-order valence-corrected chi connectivity index (χ0v) is 8.44. The van der Waals surface area contributed by atoms with Crippen molar-refractivity contribution in [2.75, 3.05) is 13.1 Å². The Hall–Kier alpha value is -1.15. The molecule has 1 aliphatic rings. The lowest BCUT2D eigenvalue weighted by Crippen LogP contribution is -2.24. The summed E-state index contributed by atoms with van der Waals surface area (Å²) in [5, 5.41) is 0. The number of hydrogen-bond acceptors (Lipinski definition) is 2. The van der Waals surface area contributed by atoms with E-state index in [-0.39, 0.29) is 0 Å². The van der Waals surface area contributed by atoms with Gasteiger partial charge in [0.15, 0.2) is 0 Å². The zero-order chi connectivity index (χ0) is 9.97. The first-order valence-corrected chi connectivity index (χ1v) is 5.08. The summed E-state index contributed by atoms with van der Waals surface area (Å²) in [6.07, 6.45) is 0.719. The van der Waals surface area contributed by atoms with Gasteiger partial charge in [-0.25, -0.2) is 0 Å². The average Bonchev–Trinajstić information content (AvgIpc) is 2.65. The standard InChI is InChI=1S/C12H15NO/c1-10(11-5-3-2-4-6-11)13-8-7-12(14)9-13/h2-6,10H,7-9H2,1H3/t10-/m0/s1. The van der Waals surface area contributed by atoms with E-state index >= 15 is 0 Å². The predicted molar refractivity (Wildman–Crippen MR) is 56.1 cm³/mol. The lowest BCUT2D eigenvalue weighted by atomic mass is 10.1. The third kappa shape index (κ3) is 1.85. The van der Waals surface area contributed by atoms with Crippen molar-refractivity contribution in [3.05, 3.63) is 35.9 Å². The Morgan fingerprint density at radius 1 is 1.29 bits per heavy atom. The minimum absolute atomic E-state index is 0.364. The minimum atomic E-state index is 0.364. The minimum Gasteiger partial charge on any atom is -0.298 e. The molecule has 74 valence electrons. The average molecular weight is 189 g/mol. The molecule has 0 saturated carbocycles. The van der Waals surface area contributed by atoms with Gasteiger partial charge in [-0.3, -0.25) is 9.69 Å². The summed E-state index contributed by atoms with van der Waals surface area (Å²) in [5.74, 6) is 0.368. The number of Topliss-reactive ketones (excluding diaryl/α,β-unsaturated/α-hetero) is 1. The van der Waals surface area contributed by atoms with E-state index in [1.54, 1.807) is 0 Å². The largest absolute Gasteiger partial charge is 0.298 e. The molecule has 1 saturated heterocycles. The van der Waals surface area contributed by atoms with Crippen LogP contribution in [0.5, 0.6) is 0 Å². The van der Waals surface area contributed by atoms with Crippen LogP contribution < -0.4 is 0 Å². The molecule has 2 nitrogen and oxygen atoms in total. The van der Waals surface area contributed by atoms with Gasteiger partial charge in [0.1, 0.15) is 5.78 Å². The second kappa shape index (κ2) is 3.93. The van der Waals surface area contributed by atoms with Gasteiger partial charge < -0.3 is 0 Å². The van der Waals surface area contributed by atoms with Crippen LogP contribution in [0.15, 0.2) is 30.3 Å². The number of hydrogen-bond donors (Lipinski definition) is 0. The Bertz CT molecular complexity index is 320. The van der Waals surface area contributed by atoms with E-state index in [1.165, 1.54) is 5.56 Å². The van der Waals surface area contributed by atoms with E-state index in [0.717, 1.165) is 13.0 Å². The fraction of sp³-hybridized carbons (Fsp3) is 0.417. The third-order valence-corrected chi connectivity index (χ3v) is 2.89. The fourth-order valence-corrected chi connectivity index (χ4v) is 1.93. The fourth-order valence-electron chi connectivity index (χ4n) is 1.93. The number of ketones is 1. The highest BCUT2D eigenvalue weighted by atomic mass is 16.1. The topological polar surface area (TPSA) is 20.3 Å². The molecule has 0 unspecified atom stereocenters. The summed E-state index contributed by atoms with van der Waals surface area (Å²) in [4.78, 5) is 13.4. The molecule has 1 heterocycles. The summed E-state index contributed by atoms with van der Waals surface area (Å²) >= 11 is 0. The molecule has 0 radical (unpaired) electrons. The molecular formula is C12H15NO. The molecule has 1 aromatic rings. The maximum absolute atomic E-state index is 11.1. The molecule has 1 fully saturated rings. The van der Waals surface area contributed by atoms with Crippen LogP contribution >= 0.6 is 0 Å². The van der Waals surface area contributed by atoms with Crippen LogP contribution in [0, 0.1) is 0 Å². The number of likely N-dealkylation sites (tertiary alicyclic amines) is 1. The van der Waals surface area contributed by atoms with E-state index in [1.807, 2.05) is 18.2 Å². The summed E-state index contributed by atoms with van der Waals surface area (Å²) in [5.41, 5.74) is 1.29. The summed E-state index contributed by atoms with van der Waals surface area (Å²) in [6, 6.07) is 10.7. The highest BCUT2D eigenvalue weighted by Crippen LogP contribution is 2.22. The maximum atomic E-state index is 11.1. The van der Waals surface area contributed by atoms with Crippen molar-refractivity contribution in [3.63, 3.8) is 0 Å². The molecule has 1 aromatic carbocycles. The van der Waals surface area contributed by atoms with Crippen molar-refractivity contribution in [2.24, 2.45) is 0 Å². The SMILES string of the molecule is C[C@@H](c1ccccc1)N1CCC(=O)C1. The van der Waals surface area contributed by atoms with Gasteiger partial charge in [0, 0.05) is 19.0 Å². The summed E-state index contributed by atoms with van der Waals surface area (Å²) in [6.45, 7) is 3.69. The molecule has 2 heteroatoms. The van der Waals surface area contributed by atoms with E-state index in [0.29, 0.717) is 18.4 Å². The molecule has 1 aliphatic heterocycles. The molecule has 0 spiro atoms. The second-order valence-electron chi connectivity index (χ2n) is 3.85. The molecule has 0 bridgehead atoms. The first-order chi connectivity index (χ1) is 6.77. The van der Waals surface area contributed by atoms with E-state index in [2.05, 4.69) is 24.0 Å². The van der Waals surface area contributed by atoms with Crippen LogP contribution in [0.2, 0.25) is 0 Å². The summed E-state index contributed by atoms with van der Waals surface area (Å²) < 4.78 is 0. The molecule has 0 amide bonds. The predicted octanol–water partition coefficient (Wildman–Crippen LogP) is 2.02. The monoisotopic (exact) mass is 189 g/mol. The van der Waals surface area contributed by atoms with Crippen molar-refractivity contribution < 1.29 is 4.79 Å². The maximum Gasteiger partial charge on any atom is 0.148 e. The van der Waals surface area contributed by atoms with Gasteiger partial charge in [0.2, 0.25) is 0 Å². The highest BCUT2D eigenvalue weighted by molar-refractivity contribution is 5.82. The molecule has 1 atom stereocenters. The lowest BCUT2D eigenvalue weighted by molar-refractivity contribution is -0.117. The number of benzene rings is 1. The van der Waals surface area contributed by atoms with E-state index < -0.39 is 0 Å². The van der Waals surface area contributed by atoms with Gasteiger partial charge in [-0.15, -0.1) is 0 Å². The molecule has 0 aliphatic carbocycles. The number of nitrogens with zero attached hydrogens (tertiary/aromatic N) is 1. The summed E-state index contributed by atoms with van der Waals surface area (Å²) in [7, 11) is 0. The quantitative estimate of drug-likeness (QED) is 0.709. The van der Waals surface area contributed by atoms with Crippen molar-refractivity contribution in [1.29, 1.82) is 0 Å². The number of carbonyl (C=O) groups is 1. The molecule has 2 rings (SSSR count). The third-order valence-electron chi connectivity index (χ3n) is 2.89. The number of carbonyl (C=O) groups excluding carboxylic acids is 1. The first kappa shape index (κ1) is 9.41. The van der Waals surface area contributed by atoms with Crippen LogP contribution in [0.3, 0.4) is 0 Å². The van der Waals surface area contributed by atoms with Crippen LogP contribution in [0.1, 0.15) is 24.9 Å². The number of rotatable bonds is 2.